The van der Waals surface area contributed by atoms with E-state index in [1.165, 1.54) is 19.6 Å². The normalized spacial score (nSPS) is 41.8. The van der Waals surface area contributed by atoms with Crippen LogP contribution in [0.4, 0.5) is 0 Å². The van der Waals surface area contributed by atoms with E-state index in [9.17, 15) is 0 Å². The third-order valence-electron chi connectivity index (χ3n) is 5.94. The molecule has 2 heteroatoms. The largest absolute Gasteiger partial charge is 0.303 e. The van der Waals surface area contributed by atoms with Crippen molar-refractivity contribution in [2.24, 2.45) is 23.2 Å². The number of hydrogen-bond acceptors (Lipinski definition) is 1. The summed E-state index contributed by atoms with van der Waals surface area (Å²) in [5.74, 6) is 3.29. The lowest BCUT2D eigenvalue weighted by molar-refractivity contribution is 0.00574. The number of nitrogens with zero attached hydrogens (tertiary/aromatic N) is 1. The summed E-state index contributed by atoms with van der Waals surface area (Å²) in [4.78, 5) is 2.69. The van der Waals surface area contributed by atoms with E-state index in [0.717, 1.165) is 23.2 Å². The standard InChI is InChI=1S/C16H29N.ClH/c1-3-17(4-2)12-16-9-13-5-6-14(10-16)8-15(7-13)11-16;/h13-15H,3-12H2,1-2H3;1H. The van der Waals surface area contributed by atoms with Gasteiger partial charge in [0.15, 0.2) is 0 Å². The Morgan fingerprint density at radius 3 is 1.89 bits per heavy atom. The highest BCUT2D eigenvalue weighted by Crippen LogP contribution is 2.57. The maximum atomic E-state index is 2.69. The second kappa shape index (κ2) is 5.71. The summed E-state index contributed by atoms with van der Waals surface area (Å²) in [6.07, 6.45) is 11.0. The first-order valence-electron chi connectivity index (χ1n) is 7.95. The van der Waals surface area contributed by atoms with E-state index in [0.29, 0.717) is 0 Å². The van der Waals surface area contributed by atoms with Crippen molar-refractivity contribution in [3.8, 4) is 0 Å². The van der Waals surface area contributed by atoms with Crippen LogP contribution in [-0.4, -0.2) is 24.5 Å². The predicted octanol–water partition coefficient (Wildman–Crippen LogP) is 4.36. The second-order valence-electron chi connectivity index (χ2n) is 7.22. The molecule has 2 unspecified atom stereocenters. The van der Waals surface area contributed by atoms with E-state index in [4.69, 9.17) is 0 Å². The van der Waals surface area contributed by atoms with Gasteiger partial charge in [-0.3, -0.25) is 0 Å². The molecule has 0 aromatic rings. The van der Waals surface area contributed by atoms with Gasteiger partial charge < -0.3 is 4.90 Å². The highest BCUT2D eigenvalue weighted by Gasteiger charge is 2.48. The number of halogens is 1. The lowest BCUT2D eigenvalue weighted by Crippen LogP contribution is -2.45. The van der Waals surface area contributed by atoms with Gasteiger partial charge in [-0.15, -0.1) is 12.4 Å². The zero-order valence-corrected chi connectivity index (χ0v) is 13.0. The Balaban J connectivity index is 0.00000120. The fourth-order valence-corrected chi connectivity index (χ4v) is 5.49. The molecule has 0 aromatic heterocycles. The van der Waals surface area contributed by atoms with Gasteiger partial charge >= 0.3 is 0 Å². The maximum absolute atomic E-state index is 2.69. The monoisotopic (exact) mass is 271 g/mol. The molecule has 4 saturated carbocycles. The van der Waals surface area contributed by atoms with Crippen molar-refractivity contribution < 1.29 is 0 Å². The first-order chi connectivity index (χ1) is 8.23. The van der Waals surface area contributed by atoms with Crippen LogP contribution in [-0.2, 0) is 0 Å². The van der Waals surface area contributed by atoms with Crippen molar-refractivity contribution in [1.29, 1.82) is 0 Å². The Kier molecular flexibility index (Phi) is 4.65. The van der Waals surface area contributed by atoms with Crippen molar-refractivity contribution in [1.82, 2.24) is 4.90 Å². The van der Waals surface area contributed by atoms with Gasteiger partial charge in [-0.05, 0) is 68.4 Å². The molecule has 4 aliphatic carbocycles. The highest BCUT2D eigenvalue weighted by atomic mass is 35.5. The number of rotatable bonds is 4. The van der Waals surface area contributed by atoms with Crippen molar-refractivity contribution in [2.75, 3.05) is 19.6 Å². The van der Waals surface area contributed by atoms with Gasteiger partial charge in [0, 0.05) is 6.54 Å². The third-order valence-corrected chi connectivity index (χ3v) is 5.94. The summed E-state index contributed by atoms with van der Waals surface area (Å²) in [6, 6.07) is 0. The third kappa shape index (κ3) is 2.72. The lowest BCUT2D eigenvalue weighted by Gasteiger charge is -2.50. The van der Waals surface area contributed by atoms with Crippen LogP contribution in [0.2, 0.25) is 0 Å². The molecule has 4 fully saturated rings. The molecule has 0 radical (unpaired) electrons. The molecule has 1 nitrogen and oxygen atoms in total. The first kappa shape index (κ1) is 14.7. The molecular weight excluding hydrogens is 242 g/mol. The molecule has 4 bridgehead atoms. The Bertz CT molecular complexity index is 258. The Morgan fingerprint density at radius 2 is 1.39 bits per heavy atom. The van der Waals surface area contributed by atoms with Gasteiger partial charge in [-0.1, -0.05) is 26.7 Å². The second-order valence-corrected chi connectivity index (χ2v) is 7.22. The quantitative estimate of drug-likeness (QED) is 0.735. The van der Waals surface area contributed by atoms with Gasteiger partial charge in [0.1, 0.15) is 0 Å². The smallest absolute Gasteiger partial charge is 0.00380 e. The first-order valence-corrected chi connectivity index (χ1v) is 7.95. The van der Waals surface area contributed by atoms with Crippen molar-refractivity contribution in [3.05, 3.63) is 0 Å². The fourth-order valence-electron chi connectivity index (χ4n) is 5.49. The van der Waals surface area contributed by atoms with E-state index in [1.807, 2.05) is 0 Å². The van der Waals surface area contributed by atoms with Crippen LogP contribution in [0, 0.1) is 23.2 Å². The topological polar surface area (TPSA) is 3.24 Å². The molecule has 0 aromatic carbocycles. The van der Waals surface area contributed by atoms with Gasteiger partial charge in [0.05, 0.1) is 0 Å². The molecular formula is C16H30ClN. The Labute approximate surface area is 119 Å². The minimum atomic E-state index is 0. The zero-order chi connectivity index (χ0) is 11.9. The van der Waals surface area contributed by atoms with Crippen LogP contribution in [0.5, 0.6) is 0 Å². The summed E-state index contributed by atoms with van der Waals surface area (Å²) in [7, 11) is 0. The maximum Gasteiger partial charge on any atom is 0.00380 e. The Morgan fingerprint density at radius 1 is 0.889 bits per heavy atom. The molecule has 0 aliphatic heterocycles. The molecule has 2 atom stereocenters. The predicted molar refractivity (Wildman–Crippen MR) is 80.3 cm³/mol. The lowest BCUT2D eigenvalue weighted by atomic mass is 9.58. The van der Waals surface area contributed by atoms with Crippen molar-refractivity contribution in [2.45, 2.75) is 58.8 Å². The van der Waals surface area contributed by atoms with E-state index >= 15 is 0 Å². The summed E-state index contributed by atoms with van der Waals surface area (Å²) in [5.41, 5.74) is 0.735. The number of fused-ring (bicyclic) bond motifs is 1. The zero-order valence-electron chi connectivity index (χ0n) is 12.2. The molecule has 0 saturated heterocycles. The van der Waals surface area contributed by atoms with Crippen LogP contribution in [0.15, 0.2) is 0 Å². The average Bonchev–Trinajstić information content (AvgIpc) is 2.52. The van der Waals surface area contributed by atoms with Crippen molar-refractivity contribution >= 4 is 12.4 Å². The summed E-state index contributed by atoms with van der Waals surface area (Å²) >= 11 is 0. The van der Waals surface area contributed by atoms with E-state index < -0.39 is 0 Å². The fraction of sp³-hybridized carbons (Fsp3) is 1.00. The molecule has 0 heterocycles. The van der Waals surface area contributed by atoms with E-state index in [-0.39, 0.29) is 12.4 Å². The highest BCUT2D eigenvalue weighted by molar-refractivity contribution is 5.85. The van der Waals surface area contributed by atoms with E-state index in [2.05, 4.69) is 18.7 Å². The molecule has 0 amide bonds. The minimum Gasteiger partial charge on any atom is -0.303 e. The van der Waals surface area contributed by atoms with Gasteiger partial charge in [0.2, 0.25) is 0 Å². The average molecular weight is 272 g/mol. The minimum absolute atomic E-state index is 0. The molecule has 106 valence electrons. The summed E-state index contributed by atoms with van der Waals surface area (Å²) in [5, 5.41) is 0. The molecule has 0 N–H and O–H groups in total. The van der Waals surface area contributed by atoms with Crippen LogP contribution in [0.1, 0.15) is 58.8 Å². The SMILES string of the molecule is CCN(CC)CC12CC3CCC(CC(C3)C1)C2.Cl. The molecule has 4 aliphatic rings. The van der Waals surface area contributed by atoms with Gasteiger partial charge in [0.25, 0.3) is 0 Å². The van der Waals surface area contributed by atoms with E-state index in [1.54, 1.807) is 44.9 Å². The Hall–Kier alpha value is 0.250. The van der Waals surface area contributed by atoms with Crippen LogP contribution in [0.25, 0.3) is 0 Å². The van der Waals surface area contributed by atoms with Gasteiger partial charge in [-0.2, -0.15) is 0 Å². The summed E-state index contributed by atoms with van der Waals surface area (Å²) < 4.78 is 0. The molecule has 0 spiro atoms. The van der Waals surface area contributed by atoms with Crippen molar-refractivity contribution in [3.63, 3.8) is 0 Å². The molecule has 4 rings (SSSR count). The van der Waals surface area contributed by atoms with Crippen LogP contribution in [0.3, 0.4) is 0 Å². The van der Waals surface area contributed by atoms with Crippen LogP contribution >= 0.6 is 12.4 Å². The summed E-state index contributed by atoms with van der Waals surface area (Å²) in [6.45, 7) is 8.57. The number of hydrogen-bond donors (Lipinski definition) is 0. The molecule has 18 heavy (non-hydrogen) atoms. The van der Waals surface area contributed by atoms with Gasteiger partial charge in [-0.25, -0.2) is 0 Å². The van der Waals surface area contributed by atoms with Crippen LogP contribution < -0.4 is 0 Å².